The first kappa shape index (κ1) is 20.5. The molecule has 1 atom stereocenters. The summed E-state index contributed by atoms with van der Waals surface area (Å²) < 4.78 is 13.1. The minimum absolute atomic E-state index is 0.130. The molecular weight excluding hydrogens is 393 g/mol. The lowest BCUT2D eigenvalue weighted by atomic mass is 10.1. The molecule has 0 aromatic heterocycles. The standard InChI is InChI=1S/C22H19ClFN3O2/c23-17-8-6-15(7-9-17)14-20(28)26-27-21(16-4-2-1-3-5-16)22(29)25-19-12-10-18(24)11-13-19/h1-13,21,27H,14H2,(H,25,29)(H,26,28). The van der Waals surface area contributed by atoms with Crippen molar-refractivity contribution in [2.75, 3.05) is 5.32 Å². The summed E-state index contributed by atoms with van der Waals surface area (Å²) in [7, 11) is 0. The molecule has 2 amide bonds. The Morgan fingerprint density at radius 2 is 1.55 bits per heavy atom. The predicted molar refractivity (Wildman–Crippen MR) is 111 cm³/mol. The summed E-state index contributed by atoms with van der Waals surface area (Å²) in [6.07, 6.45) is 0.130. The Morgan fingerprint density at radius 3 is 2.21 bits per heavy atom. The van der Waals surface area contributed by atoms with Crippen molar-refractivity contribution in [1.82, 2.24) is 10.9 Å². The van der Waals surface area contributed by atoms with Gasteiger partial charge in [-0.15, -0.1) is 0 Å². The normalized spacial score (nSPS) is 11.5. The second-order valence-corrected chi connectivity index (χ2v) is 6.77. The number of hydrogen-bond acceptors (Lipinski definition) is 3. The number of hydrazine groups is 1. The number of rotatable bonds is 7. The van der Waals surface area contributed by atoms with Gasteiger partial charge in [0.2, 0.25) is 11.8 Å². The lowest BCUT2D eigenvalue weighted by molar-refractivity contribution is -0.123. The van der Waals surface area contributed by atoms with Gasteiger partial charge >= 0.3 is 0 Å². The van der Waals surface area contributed by atoms with Crippen LogP contribution in [-0.4, -0.2) is 11.8 Å². The fourth-order valence-electron chi connectivity index (χ4n) is 2.68. The summed E-state index contributed by atoms with van der Waals surface area (Å²) in [5, 5.41) is 3.30. The molecule has 5 nitrogen and oxygen atoms in total. The summed E-state index contributed by atoms with van der Waals surface area (Å²) in [6, 6.07) is 20.5. The first-order valence-electron chi connectivity index (χ1n) is 8.91. The summed E-state index contributed by atoms with van der Waals surface area (Å²) >= 11 is 5.85. The molecule has 7 heteroatoms. The third-order valence-corrected chi connectivity index (χ3v) is 4.39. The number of carbonyl (C=O) groups is 2. The Hall–Kier alpha value is -3.22. The fraction of sp³-hybridized carbons (Fsp3) is 0.0909. The minimum Gasteiger partial charge on any atom is -0.324 e. The van der Waals surface area contributed by atoms with Crippen LogP contribution >= 0.6 is 11.6 Å². The zero-order valence-electron chi connectivity index (χ0n) is 15.4. The van der Waals surface area contributed by atoms with Gasteiger partial charge in [-0.1, -0.05) is 54.1 Å². The molecule has 3 rings (SSSR count). The maximum absolute atomic E-state index is 13.1. The molecule has 0 heterocycles. The topological polar surface area (TPSA) is 70.2 Å². The monoisotopic (exact) mass is 411 g/mol. The second-order valence-electron chi connectivity index (χ2n) is 6.34. The van der Waals surface area contributed by atoms with E-state index in [1.54, 1.807) is 48.5 Å². The molecule has 0 spiro atoms. The zero-order chi connectivity index (χ0) is 20.6. The van der Waals surface area contributed by atoms with Crippen LogP contribution in [0.3, 0.4) is 0 Å². The molecule has 0 aliphatic carbocycles. The SMILES string of the molecule is O=C(Cc1ccc(Cl)cc1)NNC(C(=O)Nc1ccc(F)cc1)c1ccccc1. The number of halogens is 2. The summed E-state index contributed by atoms with van der Waals surface area (Å²) in [5.74, 6) is -1.09. The fourth-order valence-corrected chi connectivity index (χ4v) is 2.80. The van der Waals surface area contributed by atoms with Gasteiger partial charge in [0, 0.05) is 10.7 Å². The van der Waals surface area contributed by atoms with Crippen molar-refractivity contribution < 1.29 is 14.0 Å². The Balaban J connectivity index is 1.67. The van der Waals surface area contributed by atoms with Crippen molar-refractivity contribution in [3.05, 3.63) is 101 Å². The lowest BCUT2D eigenvalue weighted by Gasteiger charge is -2.19. The van der Waals surface area contributed by atoms with E-state index in [9.17, 15) is 14.0 Å². The van der Waals surface area contributed by atoms with E-state index in [4.69, 9.17) is 11.6 Å². The Labute approximate surface area is 172 Å². The van der Waals surface area contributed by atoms with Crippen molar-refractivity contribution in [3.63, 3.8) is 0 Å². The number of hydrogen-bond donors (Lipinski definition) is 3. The van der Waals surface area contributed by atoms with Gasteiger partial charge in [0.05, 0.1) is 6.42 Å². The van der Waals surface area contributed by atoms with Crippen LogP contribution < -0.4 is 16.2 Å². The number of benzene rings is 3. The van der Waals surface area contributed by atoms with E-state index >= 15 is 0 Å². The van der Waals surface area contributed by atoms with Crippen LogP contribution in [0.15, 0.2) is 78.9 Å². The van der Waals surface area contributed by atoms with Gasteiger partial charge in [0.15, 0.2) is 0 Å². The van der Waals surface area contributed by atoms with Gasteiger partial charge in [0.1, 0.15) is 11.9 Å². The molecule has 0 aliphatic heterocycles. The van der Waals surface area contributed by atoms with Gasteiger partial charge in [-0.3, -0.25) is 15.0 Å². The lowest BCUT2D eigenvalue weighted by Crippen LogP contribution is -2.45. The molecule has 0 radical (unpaired) electrons. The summed E-state index contributed by atoms with van der Waals surface area (Å²) in [6.45, 7) is 0. The Morgan fingerprint density at radius 1 is 0.897 bits per heavy atom. The van der Waals surface area contributed by atoms with Crippen molar-refractivity contribution >= 4 is 29.1 Å². The molecule has 0 saturated carbocycles. The van der Waals surface area contributed by atoms with E-state index < -0.39 is 17.8 Å². The number of nitrogens with one attached hydrogen (secondary N) is 3. The molecule has 148 valence electrons. The Kier molecular flexibility index (Phi) is 6.94. The highest BCUT2D eigenvalue weighted by atomic mass is 35.5. The molecule has 29 heavy (non-hydrogen) atoms. The van der Waals surface area contributed by atoms with E-state index in [0.29, 0.717) is 16.3 Å². The van der Waals surface area contributed by atoms with Crippen LogP contribution in [-0.2, 0) is 16.0 Å². The molecule has 3 N–H and O–H groups in total. The number of carbonyl (C=O) groups excluding carboxylic acids is 2. The van der Waals surface area contributed by atoms with Crippen molar-refractivity contribution in [3.8, 4) is 0 Å². The van der Waals surface area contributed by atoms with Gasteiger partial charge in [0.25, 0.3) is 0 Å². The van der Waals surface area contributed by atoms with Gasteiger partial charge < -0.3 is 5.32 Å². The average molecular weight is 412 g/mol. The molecule has 0 aliphatic rings. The van der Waals surface area contributed by atoms with Crippen LogP contribution in [0, 0.1) is 5.82 Å². The maximum atomic E-state index is 13.1. The predicted octanol–water partition coefficient (Wildman–Crippen LogP) is 4.02. The zero-order valence-corrected chi connectivity index (χ0v) is 16.1. The van der Waals surface area contributed by atoms with Gasteiger partial charge in [-0.05, 0) is 47.5 Å². The first-order chi connectivity index (χ1) is 14.0. The number of anilines is 1. The van der Waals surface area contributed by atoms with Crippen molar-refractivity contribution in [2.45, 2.75) is 12.5 Å². The molecule has 3 aromatic carbocycles. The quantitative estimate of drug-likeness (QED) is 0.514. The van der Waals surface area contributed by atoms with E-state index in [-0.39, 0.29) is 12.3 Å². The molecule has 1 unspecified atom stereocenters. The van der Waals surface area contributed by atoms with Crippen LogP contribution in [0.2, 0.25) is 5.02 Å². The second kappa shape index (κ2) is 9.82. The molecule has 0 fully saturated rings. The first-order valence-corrected chi connectivity index (χ1v) is 9.29. The molecular formula is C22H19ClFN3O2. The third-order valence-electron chi connectivity index (χ3n) is 4.14. The Bertz CT molecular complexity index is 964. The van der Waals surface area contributed by atoms with Crippen LogP contribution in [0.5, 0.6) is 0 Å². The van der Waals surface area contributed by atoms with E-state index in [0.717, 1.165) is 5.56 Å². The highest BCUT2D eigenvalue weighted by molar-refractivity contribution is 6.30. The smallest absolute Gasteiger partial charge is 0.247 e. The largest absolute Gasteiger partial charge is 0.324 e. The van der Waals surface area contributed by atoms with E-state index in [2.05, 4.69) is 16.2 Å². The van der Waals surface area contributed by atoms with Crippen LogP contribution in [0.4, 0.5) is 10.1 Å². The van der Waals surface area contributed by atoms with Crippen LogP contribution in [0.25, 0.3) is 0 Å². The minimum atomic E-state index is -0.838. The van der Waals surface area contributed by atoms with Crippen molar-refractivity contribution in [1.29, 1.82) is 0 Å². The summed E-state index contributed by atoms with van der Waals surface area (Å²) in [5.41, 5.74) is 7.27. The van der Waals surface area contributed by atoms with E-state index in [1.807, 2.05) is 6.07 Å². The van der Waals surface area contributed by atoms with Crippen LogP contribution in [0.1, 0.15) is 17.2 Å². The highest BCUT2D eigenvalue weighted by Crippen LogP contribution is 2.16. The van der Waals surface area contributed by atoms with Crippen molar-refractivity contribution in [2.24, 2.45) is 0 Å². The number of amides is 2. The third kappa shape index (κ3) is 6.14. The van der Waals surface area contributed by atoms with Gasteiger partial charge in [-0.25, -0.2) is 9.82 Å². The molecule has 0 bridgehead atoms. The maximum Gasteiger partial charge on any atom is 0.247 e. The average Bonchev–Trinajstić information content (AvgIpc) is 2.72. The van der Waals surface area contributed by atoms with E-state index in [1.165, 1.54) is 24.3 Å². The van der Waals surface area contributed by atoms with Gasteiger partial charge in [-0.2, -0.15) is 0 Å². The molecule has 0 saturated heterocycles. The summed E-state index contributed by atoms with van der Waals surface area (Å²) in [4.78, 5) is 25.0. The highest BCUT2D eigenvalue weighted by Gasteiger charge is 2.21. The molecule has 3 aromatic rings.